The number of benzene rings is 8. The van der Waals surface area contributed by atoms with Crippen LogP contribution in [0.2, 0.25) is 0 Å². The van der Waals surface area contributed by atoms with Crippen LogP contribution in [0.3, 0.4) is 0 Å². The van der Waals surface area contributed by atoms with E-state index in [-0.39, 0.29) is 0 Å². The molecule has 11 rings (SSSR count). The van der Waals surface area contributed by atoms with E-state index in [1.165, 1.54) is 168 Å². The van der Waals surface area contributed by atoms with Crippen LogP contribution >= 0.6 is 11.3 Å². The van der Waals surface area contributed by atoms with E-state index in [1.54, 1.807) is 0 Å². The zero-order valence-corrected chi connectivity index (χ0v) is 48.5. The minimum Gasteiger partial charge on any atom is -0.312 e. The first-order valence-electron chi connectivity index (χ1n) is 26.7. The van der Waals surface area contributed by atoms with Crippen LogP contribution in [0.5, 0.6) is 0 Å². The van der Waals surface area contributed by atoms with E-state index in [0.717, 1.165) is 22.3 Å². The predicted molar refractivity (Wildman–Crippen MR) is 390 cm³/mol. The molecule has 75 heavy (non-hydrogen) atoms. The summed E-state index contributed by atoms with van der Waals surface area (Å²) < 4.78 is 5.24. The highest BCUT2D eigenvalue weighted by Crippen LogP contribution is 2.37. The zero-order valence-electron chi connectivity index (χ0n) is 47.7. The second-order valence-corrected chi connectivity index (χ2v) is 23.1. The third-order valence-electron chi connectivity index (χ3n) is 18.8. The first kappa shape index (κ1) is 51.1. The Hall–Kier alpha value is -5.98. The summed E-state index contributed by atoms with van der Waals surface area (Å²) in [6, 6.07) is 28.3. The van der Waals surface area contributed by atoms with Gasteiger partial charge < -0.3 is 4.57 Å². The molecule has 3 heterocycles. The molecule has 0 aliphatic carbocycles. The molecular formula is C51H51B19N4S. The van der Waals surface area contributed by atoms with Gasteiger partial charge in [0.2, 0.25) is 0 Å². The van der Waals surface area contributed by atoms with Gasteiger partial charge in [0.05, 0.1) is 0 Å². The molecule has 0 spiro atoms. The molecule has 338 valence electrons. The first-order chi connectivity index (χ1) is 35.7. The van der Waals surface area contributed by atoms with Gasteiger partial charge in [0, 0.05) is 48.2 Å². The third-order valence-corrected chi connectivity index (χ3v) is 20.1. The molecule has 0 saturated heterocycles. The summed E-state index contributed by atoms with van der Waals surface area (Å²) in [6.07, 6.45) is 0. The van der Waals surface area contributed by atoms with Crippen molar-refractivity contribution in [3.05, 3.63) is 78.9 Å². The third kappa shape index (κ3) is 7.56. The summed E-state index contributed by atoms with van der Waals surface area (Å²) >= 11 is 1.91. The lowest BCUT2D eigenvalue weighted by Gasteiger charge is -2.25. The maximum atomic E-state index is 5.76. The van der Waals surface area contributed by atoms with Gasteiger partial charge in [-0.15, -0.1) is 33.2 Å². The highest BCUT2D eigenvalue weighted by Gasteiger charge is 2.29. The van der Waals surface area contributed by atoms with E-state index < -0.39 is 0 Å². The van der Waals surface area contributed by atoms with E-state index in [0.29, 0.717) is 17.5 Å². The molecule has 0 radical (unpaired) electrons. The second-order valence-electron chi connectivity index (χ2n) is 22.1. The molecule has 0 fully saturated rings. The molecule has 3 aromatic heterocycles. The summed E-state index contributed by atoms with van der Waals surface area (Å²) in [7, 11) is 43.8. The van der Waals surface area contributed by atoms with E-state index in [9.17, 15) is 0 Å². The topological polar surface area (TPSA) is 43.6 Å². The SMILES string of the molecule is Bc1c(B)c(B)c(-n2c3c(B)c(B)c(B)c(B)c3c3c(B)c(-c4nc(-c5ccc(-c6cccc(-c7ccccc7)c6)cc5)nc(-c5c(B)c(B)c(B)c6c5sc5c(B)c(B)c(B)c(B)c56)n4)c(B)c(B)c32)c(B)c1B. The number of thiophene rings is 1. The fourth-order valence-electron chi connectivity index (χ4n) is 12.7. The Morgan fingerprint density at radius 3 is 1.25 bits per heavy atom. The average Bonchev–Trinajstić information content (AvgIpc) is 4.00. The normalized spacial score (nSPS) is 11.7. The van der Waals surface area contributed by atoms with Gasteiger partial charge in [-0.25, -0.2) is 15.0 Å². The zero-order chi connectivity index (χ0) is 53.5. The molecule has 11 aromatic rings. The van der Waals surface area contributed by atoms with Crippen LogP contribution in [0.1, 0.15) is 0 Å². The highest BCUT2D eigenvalue weighted by molar-refractivity contribution is 7.28. The Bertz CT molecular complexity index is 4320. The molecule has 0 aliphatic heterocycles. The summed E-state index contributed by atoms with van der Waals surface area (Å²) in [5.41, 5.74) is 36.6. The van der Waals surface area contributed by atoms with E-state index >= 15 is 0 Å². The van der Waals surface area contributed by atoms with Crippen molar-refractivity contribution in [2.75, 3.05) is 0 Å². The summed E-state index contributed by atoms with van der Waals surface area (Å²) in [5.74, 6) is 2.08. The van der Waals surface area contributed by atoms with Crippen LogP contribution in [0.4, 0.5) is 0 Å². The molecule has 0 N–H and O–H groups in total. The van der Waals surface area contributed by atoms with Crippen molar-refractivity contribution >= 4 is 306 Å². The molecular weight excluding hydrogens is 906 g/mol. The van der Waals surface area contributed by atoms with Gasteiger partial charge in [-0.3, -0.25) is 0 Å². The predicted octanol–water partition coefficient (Wildman–Crippen LogP) is -19.4. The first-order valence-corrected chi connectivity index (χ1v) is 27.5. The van der Waals surface area contributed by atoms with Crippen molar-refractivity contribution in [2.24, 2.45) is 0 Å². The number of hydrogen-bond donors (Lipinski definition) is 0. The Kier molecular flexibility index (Phi) is 12.7. The number of aromatic nitrogens is 4. The molecule has 4 nitrogen and oxygen atoms in total. The van der Waals surface area contributed by atoms with Crippen LogP contribution in [0, 0.1) is 0 Å². The van der Waals surface area contributed by atoms with Crippen LogP contribution in [0.25, 0.3) is 104 Å². The van der Waals surface area contributed by atoms with Gasteiger partial charge >= 0.3 is 0 Å². The highest BCUT2D eigenvalue weighted by atomic mass is 32.1. The quantitative estimate of drug-likeness (QED) is 0.156. The molecule has 8 aromatic carbocycles. The van der Waals surface area contributed by atoms with E-state index in [4.69, 9.17) is 15.0 Å². The van der Waals surface area contributed by atoms with Gasteiger partial charge in [0.25, 0.3) is 0 Å². The van der Waals surface area contributed by atoms with Gasteiger partial charge in [-0.2, -0.15) is 0 Å². The smallest absolute Gasteiger partial charge is 0.164 e. The van der Waals surface area contributed by atoms with Gasteiger partial charge in [0.1, 0.15) is 149 Å². The fraction of sp³-hybridized carbons (Fsp3) is 0. The van der Waals surface area contributed by atoms with Crippen molar-refractivity contribution < 1.29 is 0 Å². The van der Waals surface area contributed by atoms with Gasteiger partial charge in [-0.05, 0) is 44.5 Å². The minimum atomic E-state index is 0.667. The minimum absolute atomic E-state index is 0.667. The second kappa shape index (κ2) is 18.6. The summed E-state index contributed by atoms with van der Waals surface area (Å²) in [6.45, 7) is 0. The lowest BCUT2D eigenvalue weighted by Crippen LogP contribution is -2.56. The van der Waals surface area contributed by atoms with Crippen molar-refractivity contribution in [1.29, 1.82) is 0 Å². The van der Waals surface area contributed by atoms with E-state index in [2.05, 4.69) is 233 Å². The Morgan fingerprint density at radius 1 is 0.280 bits per heavy atom. The van der Waals surface area contributed by atoms with Crippen molar-refractivity contribution in [2.45, 2.75) is 0 Å². The van der Waals surface area contributed by atoms with Crippen molar-refractivity contribution in [1.82, 2.24) is 19.5 Å². The lowest BCUT2D eigenvalue weighted by molar-refractivity contribution is 1.08. The summed E-state index contributed by atoms with van der Waals surface area (Å²) in [4.78, 5) is 17.0. The van der Waals surface area contributed by atoms with Crippen LogP contribution in [-0.2, 0) is 0 Å². The molecule has 0 atom stereocenters. The molecule has 0 saturated carbocycles. The Morgan fingerprint density at radius 2 is 0.667 bits per heavy atom. The van der Waals surface area contributed by atoms with Crippen LogP contribution in [-0.4, -0.2) is 169 Å². The number of fused-ring (bicyclic) bond motifs is 6. The Balaban J connectivity index is 1.24. The molecule has 0 bridgehead atoms. The monoisotopic (exact) mass is 961 g/mol. The number of rotatable bonds is 6. The molecule has 0 amide bonds. The van der Waals surface area contributed by atoms with E-state index in [1.807, 2.05) is 11.3 Å². The average molecular weight is 957 g/mol. The maximum Gasteiger partial charge on any atom is 0.164 e. The fourth-order valence-corrected chi connectivity index (χ4v) is 14.3. The van der Waals surface area contributed by atoms with Crippen molar-refractivity contribution in [3.8, 4) is 62.1 Å². The van der Waals surface area contributed by atoms with Crippen molar-refractivity contribution in [3.63, 3.8) is 0 Å². The maximum absolute atomic E-state index is 5.76. The van der Waals surface area contributed by atoms with Crippen LogP contribution < -0.4 is 104 Å². The molecule has 24 heteroatoms. The van der Waals surface area contributed by atoms with Crippen LogP contribution in [0.15, 0.2) is 78.9 Å². The lowest BCUT2D eigenvalue weighted by atomic mass is 9.61. The Labute approximate surface area is 463 Å². The largest absolute Gasteiger partial charge is 0.312 e. The van der Waals surface area contributed by atoms with Gasteiger partial charge in [0.15, 0.2) is 17.5 Å². The van der Waals surface area contributed by atoms with Gasteiger partial charge in [-0.1, -0.05) is 155 Å². The molecule has 0 unspecified atom stereocenters. The standard InChI is InChI=1S/C51H51B19N4S/c52-25-19-20-26(53)32(59)35(62)40(67)45(20)74(46-41(68)36(63)34(61)37(64)42(46)69)44(19)39(66)29(56)23(25)50-71-49(16-11-9-15(10-12-16)18-8-4-7-17(13-18)14-5-2-1-3-6-14)72-51(73-50)24-30(57)31(58)27(54)21-22-28(55)33(60)38(65)43(70)48(22)75-47(21)24/h1-13H,52-70H2. The number of hydrogen-bond acceptors (Lipinski definition) is 4. The molecule has 0 aliphatic rings. The number of nitrogens with zero attached hydrogens (tertiary/aromatic N) is 4. The summed E-state index contributed by atoms with van der Waals surface area (Å²) in [5, 5.41) is 5.28.